The molecule has 0 radical (unpaired) electrons. The van der Waals surface area contributed by atoms with E-state index < -0.39 is 0 Å². The molecular weight excluding hydrogens is 337 g/mol. The van der Waals surface area contributed by atoms with Gasteiger partial charge >= 0.3 is 0 Å². The van der Waals surface area contributed by atoms with Gasteiger partial charge in [0, 0.05) is 19.6 Å². The first-order valence-corrected chi connectivity index (χ1v) is 8.96. The van der Waals surface area contributed by atoms with E-state index in [1.54, 1.807) is 13.8 Å². The zero-order valence-electron chi connectivity index (χ0n) is 15.4. The van der Waals surface area contributed by atoms with E-state index in [1.807, 2.05) is 11.8 Å². The lowest BCUT2D eigenvalue weighted by atomic mass is 9.97. The van der Waals surface area contributed by atoms with Crippen molar-refractivity contribution in [2.45, 2.75) is 40.0 Å². The summed E-state index contributed by atoms with van der Waals surface area (Å²) >= 11 is 0. The van der Waals surface area contributed by atoms with Crippen molar-refractivity contribution in [1.29, 1.82) is 0 Å². The van der Waals surface area contributed by atoms with Gasteiger partial charge in [-0.15, -0.1) is 0 Å². The number of carbonyl (C=O) groups is 1. The van der Waals surface area contributed by atoms with Crippen molar-refractivity contribution in [2.24, 2.45) is 5.92 Å². The van der Waals surface area contributed by atoms with Crippen LogP contribution in [0.1, 0.15) is 47.3 Å². The van der Waals surface area contributed by atoms with Crippen LogP contribution in [0.25, 0.3) is 0 Å². The van der Waals surface area contributed by atoms with Crippen LogP contribution in [0.3, 0.4) is 0 Å². The molecule has 0 bridgehead atoms. The number of carbonyl (C=O) groups excluding carboxylic acids is 1. The van der Waals surface area contributed by atoms with Gasteiger partial charge in [0.25, 0.3) is 5.91 Å². The monoisotopic (exact) mass is 361 g/mol. The molecule has 1 saturated heterocycles. The topological polar surface area (TPSA) is 84.2 Å². The van der Waals surface area contributed by atoms with E-state index in [9.17, 15) is 9.18 Å². The Labute approximate surface area is 152 Å². The number of anilines is 1. The summed E-state index contributed by atoms with van der Waals surface area (Å²) in [6.45, 7) is 7.27. The molecule has 3 rings (SSSR count). The minimum atomic E-state index is -0.338. The first-order chi connectivity index (χ1) is 12.5. The largest absolute Gasteiger partial charge is 0.361 e. The van der Waals surface area contributed by atoms with Crippen LogP contribution >= 0.6 is 0 Å². The fraction of sp³-hybridized carbons (Fsp3) is 0.556. The van der Waals surface area contributed by atoms with Gasteiger partial charge in [-0.25, -0.2) is 14.4 Å². The Morgan fingerprint density at radius 3 is 2.92 bits per heavy atom. The lowest BCUT2D eigenvalue weighted by Gasteiger charge is -2.33. The second-order valence-corrected chi connectivity index (χ2v) is 6.67. The summed E-state index contributed by atoms with van der Waals surface area (Å²) in [5, 5.41) is 6.76. The number of piperidine rings is 1. The van der Waals surface area contributed by atoms with Gasteiger partial charge in [0.15, 0.2) is 11.6 Å². The molecule has 1 atom stereocenters. The maximum atomic E-state index is 14.5. The van der Waals surface area contributed by atoms with Crippen LogP contribution < -0.4 is 10.2 Å². The van der Waals surface area contributed by atoms with Crippen LogP contribution in [0.2, 0.25) is 0 Å². The Morgan fingerprint density at radius 1 is 1.42 bits per heavy atom. The number of nitrogens with one attached hydrogen (secondary N) is 1. The molecule has 0 spiro atoms. The standard InChI is InChI=1S/C18H24FN5O2/c1-4-14-16(19)17(22-10-21-14)24-7-5-6-13(9-24)8-20-18(25)15-11(2)23-26-12(15)3/h10,13H,4-9H2,1-3H3,(H,20,25). The molecule has 8 heteroatoms. The third-order valence-corrected chi connectivity index (χ3v) is 4.81. The zero-order valence-corrected chi connectivity index (χ0v) is 15.4. The summed E-state index contributed by atoms with van der Waals surface area (Å²) in [5.74, 6) is 0.585. The van der Waals surface area contributed by atoms with Crippen LogP contribution in [0.4, 0.5) is 10.2 Å². The Bertz CT molecular complexity index is 772. The number of amides is 1. The Morgan fingerprint density at radius 2 is 2.23 bits per heavy atom. The molecule has 2 aromatic rings. The summed E-state index contributed by atoms with van der Waals surface area (Å²) in [7, 11) is 0. The van der Waals surface area contributed by atoms with Crippen molar-refractivity contribution < 1.29 is 13.7 Å². The first kappa shape index (κ1) is 18.3. The third-order valence-electron chi connectivity index (χ3n) is 4.81. The number of aromatic nitrogens is 3. The third kappa shape index (κ3) is 3.68. The predicted molar refractivity (Wildman–Crippen MR) is 94.6 cm³/mol. The van der Waals surface area contributed by atoms with E-state index >= 15 is 0 Å². The summed E-state index contributed by atoms with van der Waals surface area (Å²) < 4.78 is 19.6. The first-order valence-electron chi connectivity index (χ1n) is 8.96. The number of nitrogens with zero attached hydrogens (tertiary/aromatic N) is 4. The zero-order chi connectivity index (χ0) is 18.7. The van der Waals surface area contributed by atoms with Crippen LogP contribution in [0, 0.1) is 25.6 Å². The second kappa shape index (κ2) is 7.80. The van der Waals surface area contributed by atoms with Crippen LogP contribution in [0.5, 0.6) is 0 Å². The molecule has 7 nitrogen and oxygen atoms in total. The van der Waals surface area contributed by atoms with Gasteiger partial charge in [0.1, 0.15) is 17.7 Å². The minimum absolute atomic E-state index is 0.181. The van der Waals surface area contributed by atoms with Crippen molar-refractivity contribution in [3.05, 3.63) is 34.9 Å². The lowest BCUT2D eigenvalue weighted by molar-refractivity contribution is 0.0943. The molecule has 1 unspecified atom stereocenters. The molecule has 140 valence electrons. The van der Waals surface area contributed by atoms with E-state index in [4.69, 9.17) is 4.52 Å². The van der Waals surface area contributed by atoms with Gasteiger partial charge in [-0.1, -0.05) is 12.1 Å². The fourth-order valence-corrected chi connectivity index (χ4v) is 3.42. The average molecular weight is 361 g/mol. The molecule has 3 heterocycles. The molecular formula is C18H24FN5O2. The number of hydrogen-bond acceptors (Lipinski definition) is 6. The molecule has 0 aliphatic carbocycles. The van der Waals surface area contributed by atoms with Crippen molar-refractivity contribution in [3.8, 4) is 0 Å². The highest BCUT2D eigenvalue weighted by molar-refractivity contribution is 5.96. The number of halogens is 1. The van der Waals surface area contributed by atoms with E-state index in [-0.39, 0.29) is 17.6 Å². The lowest BCUT2D eigenvalue weighted by Crippen LogP contribution is -2.42. The van der Waals surface area contributed by atoms with Gasteiger partial charge in [-0.2, -0.15) is 0 Å². The number of hydrogen-bond donors (Lipinski definition) is 1. The van der Waals surface area contributed by atoms with Crippen molar-refractivity contribution >= 4 is 11.7 Å². The molecule has 1 N–H and O–H groups in total. The molecule has 1 fully saturated rings. The normalized spacial score (nSPS) is 17.4. The summed E-state index contributed by atoms with van der Waals surface area (Å²) in [6.07, 6.45) is 3.86. The second-order valence-electron chi connectivity index (χ2n) is 6.67. The molecule has 2 aromatic heterocycles. The van der Waals surface area contributed by atoms with Crippen LogP contribution in [-0.4, -0.2) is 40.7 Å². The quantitative estimate of drug-likeness (QED) is 0.880. The van der Waals surface area contributed by atoms with Gasteiger partial charge in [0.2, 0.25) is 0 Å². The number of rotatable bonds is 5. The Hall–Kier alpha value is -2.51. The molecule has 1 aliphatic rings. The highest BCUT2D eigenvalue weighted by Crippen LogP contribution is 2.24. The van der Waals surface area contributed by atoms with Gasteiger partial charge < -0.3 is 14.7 Å². The minimum Gasteiger partial charge on any atom is -0.361 e. The number of aryl methyl sites for hydroxylation is 3. The van der Waals surface area contributed by atoms with Gasteiger partial charge in [-0.3, -0.25) is 4.79 Å². The molecule has 1 amide bonds. The summed E-state index contributed by atoms with van der Waals surface area (Å²) in [5.41, 5.74) is 1.51. The fourth-order valence-electron chi connectivity index (χ4n) is 3.42. The smallest absolute Gasteiger partial charge is 0.256 e. The van der Waals surface area contributed by atoms with E-state index in [0.29, 0.717) is 48.0 Å². The Balaban J connectivity index is 1.63. The van der Waals surface area contributed by atoms with Crippen molar-refractivity contribution in [2.75, 3.05) is 24.5 Å². The SMILES string of the molecule is CCc1ncnc(N2CCCC(CNC(=O)c3c(C)noc3C)C2)c1F. The van der Waals surface area contributed by atoms with Crippen LogP contribution in [-0.2, 0) is 6.42 Å². The van der Waals surface area contributed by atoms with Crippen molar-refractivity contribution in [3.63, 3.8) is 0 Å². The molecule has 0 saturated carbocycles. The Kier molecular flexibility index (Phi) is 5.49. The van der Waals surface area contributed by atoms with E-state index in [2.05, 4.69) is 20.4 Å². The predicted octanol–water partition coefficient (Wildman–Crippen LogP) is 2.43. The van der Waals surface area contributed by atoms with E-state index in [1.165, 1.54) is 6.33 Å². The van der Waals surface area contributed by atoms with Gasteiger partial charge in [-0.05, 0) is 39.0 Å². The highest BCUT2D eigenvalue weighted by Gasteiger charge is 2.25. The molecule has 0 aromatic carbocycles. The molecule has 26 heavy (non-hydrogen) atoms. The average Bonchev–Trinajstić information content (AvgIpc) is 2.98. The van der Waals surface area contributed by atoms with E-state index in [0.717, 1.165) is 19.4 Å². The maximum absolute atomic E-state index is 14.5. The highest BCUT2D eigenvalue weighted by atomic mass is 19.1. The van der Waals surface area contributed by atoms with Gasteiger partial charge in [0.05, 0.1) is 11.4 Å². The molecule has 1 aliphatic heterocycles. The maximum Gasteiger partial charge on any atom is 0.256 e. The van der Waals surface area contributed by atoms with Crippen molar-refractivity contribution in [1.82, 2.24) is 20.4 Å². The van der Waals surface area contributed by atoms with Crippen LogP contribution in [0.15, 0.2) is 10.9 Å². The summed E-state index contributed by atoms with van der Waals surface area (Å²) in [6, 6.07) is 0. The summed E-state index contributed by atoms with van der Waals surface area (Å²) in [4.78, 5) is 22.5.